The third-order valence-corrected chi connectivity index (χ3v) is 4.48. The average molecular weight is 347 g/mol. The lowest BCUT2D eigenvalue weighted by Gasteiger charge is -2.13. The number of nitrogens with zero attached hydrogens (tertiary/aromatic N) is 4. The van der Waals surface area contributed by atoms with Crippen LogP contribution in [0.3, 0.4) is 0 Å². The average Bonchev–Trinajstić information content (AvgIpc) is 3.16. The number of fused-ring (bicyclic) bond motifs is 1. The number of halogens is 3. The minimum absolute atomic E-state index is 0.0980. The van der Waals surface area contributed by atoms with Gasteiger partial charge in [-0.3, -0.25) is 0 Å². The molecule has 130 valence electrons. The molecule has 1 aliphatic rings. The Balaban J connectivity index is 1.74. The van der Waals surface area contributed by atoms with E-state index < -0.39 is 11.7 Å². The second-order valence-corrected chi connectivity index (χ2v) is 6.13. The molecule has 4 rings (SSSR count). The monoisotopic (exact) mass is 347 g/mol. The van der Waals surface area contributed by atoms with Gasteiger partial charge in [-0.25, -0.2) is 19.9 Å². The molecule has 25 heavy (non-hydrogen) atoms. The summed E-state index contributed by atoms with van der Waals surface area (Å²) in [7, 11) is 0. The topological polar surface area (TPSA) is 55.1 Å². The molecule has 0 bridgehead atoms. The Morgan fingerprint density at radius 1 is 1.16 bits per heavy atom. The van der Waals surface area contributed by atoms with Crippen molar-refractivity contribution in [2.24, 2.45) is 0 Å². The largest absolute Gasteiger partial charge is 0.416 e. The molecule has 0 spiro atoms. The van der Waals surface area contributed by atoms with Crippen LogP contribution in [-0.2, 0) is 6.18 Å². The first-order valence-corrected chi connectivity index (χ1v) is 7.91. The van der Waals surface area contributed by atoms with E-state index in [0.717, 1.165) is 17.8 Å². The minimum Gasteiger partial charge on any atom is -0.236 e. The van der Waals surface area contributed by atoms with Crippen LogP contribution in [0, 0.1) is 0 Å². The number of nitrogens with one attached hydrogen (secondary N) is 1. The van der Waals surface area contributed by atoms with E-state index >= 15 is 0 Å². The lowest BCUT2D eigenvalue weighted by molar-refractivity contribution is -0.137. The van der Waals surface area contributed by atoms with Gasteiger partial charge in [-0.1, -0.05) is 12.1 Å². The van der Waals surface area contributed by atoms with Gasteiger partial charge in [0.15, 0.2) is 5.65 Å². The third kappa shape index (κ3) is 2.77. The Morgan fingerprint density at radius 2 is 1.84 bits per heavy atom. The highest BCUT2D eigenvalue weighted by Crippen LogP contribution is 2.33. The van der Waals surface area contributed by atoms with Crippen LogP contribution in [0.5, 0.6) is 0 Å². The normalized spacial score (nSPS) is 21.5. The lowest BCUT2D eigenvalue weighted by atomic mass is 10.1. The number of hydrazine groups is 1. The summed E-state index contributed by atoms with van der Waals surface area (Å²) in [6.07, 6.45) is -0.698. The highest BCUT2D eigenvalue weighted by Gasteiger charge is 2.35. The first-order valence-electron chi connectivity index (χ1n) is 7.91. The third-order valence-electron chi connectivity index (χ3n) is 4.48. The predicted octanol–water partition coefficient (Wildman–Crippen LogP) is 3.64. The molecule has 1 fully saturated rings. The molecule has 1 aliphatic heterocycles. The van der Waals surface area contributed by atoms with Crippen LogP contribution < -0.4 is 5.43 Å². The zero-order valence-electron chi connectivity index (χ0n) is 13.6. The maximum Gasteiger partial charge on any atom is 0.416 e. The van der Waals surface area contributed by atoms with E-state index in [9.17, 15) is 13.2 Å². The fourth-order valence-electron chi connectivity index (χ4n) is 3.04. The molecular formula is C17H16F3N5. The fourth-order valence-corrected chi connectivity index (χ4v) is 3.04. The van der Waals surface area contributed by atoms with Crippen LogP contribution >= 0.6 is 0 Å². The molecule has 1 N–H and O–H groups in total. The van der Waals surface area contributed by atoms with Gasteiger partial charge in [0.25, 0.3) is 0 Å². The summed E-state index contributed by atoms with van der Waals surface area (Å²) in [5.41, 5.74) is 5.49. The number of hydrogen-bond acceptors (Lipinski definition) is 4. The standard InChI is InChI=1S/C17H16F3N5/c1-10(24-11(2)23-24)15-7-8-21-16-14(9-22-25(15)16)12-3-5-13(6-4-12)17(18,19)20/h3-11,23H,1-2H3. The molecule has 0 saturated carbocycles. The van der Waals surface area contributed by atoms with E-state index in [4.69, 9.17) is 0 Å². The number of alkyl halides is 3. The Labute approximate surface area is 142 Å². The van der Waals surface area contributed by atoms with Crippen LogP contribution in [0.2, 0.25) is 0 Å². The zero-order valence-corrected chi connectivity index (χ0v) is 13.6. The van der Waals surface area contributed by atoms with E-state index in [1.807, 2.05) is 6.07 Å². The molecule has 8 heteroatoms. The summed E-state index contributed by atoms with van der Waals surface area (Å²) in [6, 6.07) is 7.05. The summed E-state index contributed by atoms with van der Waals surface area (Å²) in [5, 5.41) is 6.49. The molecule has 2 aromatic heterocycles. The first-order chi connectivity index (χ1) is 11.9. The van der Waals surface area contributed by atoms with Gasteiger partial charge in [0.2, 0.25) is 0 Å². The van der Waals surface area contributed by atoms with Crippen molar-refractivity contribution in [2.75, 3.05) is 0 Å². The maximum atomic E-state index is 12.7. The quantitative estimate of drug-likeness (QED) is 0.735. The molecule has 3 unspecified atom stereocenters. The Bertz CT molecular complexity index is 916. The van der Waals surface area contributed by atoms with Crippen LogP contribution in [0.15, 0.2) is 42.7 Å². The lowest BCUT2D eigenvalue weighted by Crippen LogP contribution is -2.14. The summed E-state index contributed by atoms with van der Waals surface area (Å²) >= 11 is 0. The predicted molar refractivity (Wildman–Crippen MR) is 86.3 cm³/mol. The van der Waals surface area contributed by atoms with Crippen molar-refractivity contribution in [2.45, 2.75) is 32.2 Å². The molecule has 5 nitrogen and oxygen atoms in total. The highest BCUT2D eigenvalue weighted by molar-refractivity contribution is 5.77. The SMILES string of the molecule is CC1NN1C(C)c1ccnc2c(-c3ccc(C(F)(F)F)cc3)cnn12. The van der Waals surface area contributed by atoms with Gasteiger partial charge in [0.1, 0.15) is 0 Å². The summed E-state index contributed by atoms with van der Waals surface area (Å²) in [4.78, 5) is 4.37. The van der Waals surface area contributed by atoms with Crippen molar-refractivity contribution >= 4 is 5.65 Å². The van der Waals surface area contributed by atoms with Crippen LogP contribution in [0.1, 0.15) is 31.1 Å². The van der Waals surface area contributed by atoms with E-state index in [2.05, 4.69) is 34.4 Å². The van der Waals surface area contributed by atoms with Crippen molar-refractivity contribution in [3.05, 3.63) is 54.0 Å². The summed E-state index contributed by atoms with van der Waals surface area (Å²) in [6.45, 7) is 4.12. The second kappa shape index (κ2) is 5.53. The van der Waals surface area contributed by atoms with Gasteiger partial charge in [-0.05, 0) is 37.6 Å². The molecule has 0 radical (unpaired) electrons. The molecular weight excluding hydrogens is 331 g/mol. The summed E-state index contributed by atoms with van der Waals surface area (Å²) < 4.78 is 39.9. The van der Waals surface area contributed by atoms with Crippen molar-refractivity contribution in [3.63, 3.8) is 0 Å². The molecule has 3 heterocycles. The van der Waals surface area contributed by atoms with Gasteiger partial charge in [0.05, 0.1) is 29.7 Å². The Kier molecular flexibility index (Phi) is 3.55. The number of aromatic nitrogens is 3. The number of rotatable bonds is 3. The Hall–Kier alpha value is -2.45. The van der Waals surface area contributed by atoms with Crippen LogP contribution in [0.25, 0.3) is 16.8 Å². The maximum absolute atomic E-state index is 12.7. The molecule has 1 saturated heterocycles. The molecule has 1 aromatic carbocycles. The van der Waals surface area contributed by atoms with Crippen LogP contribution in [-0.4, -0.2) is 25.8 Å². The Morgan fingerprint density at radius 3 is 2.44 bits per heavy atom. The van der Waals surface area contributed by atoms with E-state index in [1.54, 1.807) is 16.9 Å². The van der Waals surface area contributed by atoms with E-state index in [1.165, 1.54) is 12.1 Å². The van der Waals surface area contributed by atoms with Gasteiger partial charge in [-0.2, -0.15) is 18.3 Å². The van der Waals surface area contributed by atoms with Gasteiger partial charge in [-0.15, -0.1) is 0 Å². The summed E-state index contributed by atoms with van der Waals surface area (Å²) in [5.74, 6) is 0. The smallest absolute Gasteiger partial charge is 0.236 e. The fraction of sp³-hybridized carbons (Fsp3) is 0.294. The number of benzene rings is 1. The molecule has 3 aromatic rings. The van der Waals surface area contributed by atoms with Crippen LogP contribution in [0.4, 0.5) is 13.2 Å². The van der Waals surface area contributed by atoms with Crippen molar-refractivity contribution in [1.82, 2.24) is 25.0 Å². The zero-order chi connectivity index (χ0) is 17.8. The van der Waals surface area contributed by atoms with E-state index in [0.29, 0.717) is 22.9 Å². The first kappa shape index (κ1) is 16.0. The van der Waals surface area contributed by atoms with Gasteiger partial charge < -0.3 is 0 Å². The number of hydrogen-bond donors (Lipinski definition) is 1. The van der Waals surface area contributed by atoms with Crippen molar-refractivity contribution in [1.29, 1.82) is 0 Å². The minimum atomic E-state index is -4.34. The van der Waals surface area contributed by atoms with Gasteiger partial charge in [0, 0.05) is 11.8 Å². The molecule has 0 amide bonds. The molecule has 0 aliphatic carbocycles. The highest BCUT2D eigenvalue weighted by atomic mass is 19.4. The second-order valence-electron chi connectivity index (χ2n) is 6.13. The van der Waals surface area contributed by atoms with Gasteiger partial charge >= 0.3 is 6.18 Å². The molecule has 3 atom stereocenters. The van der Waals surface area contributed by atoms with E-state index in [-0.39, 0.29) is 6.04 Å². The van der Waals surface area contributed by atoms with Crippen molar-refractivity contribution < 1.29 is 13.2 Å². The van der Waals surface area contributed by atoms with Crippen molar-refractivity contribution in [3.8, 4) is 11.1 Å².